The molecule has 6 aromatic carbocycles. The summed E-state index contributed by atoms with van der Waals surface area (Å²) in [6, 6.07) is 48.5. The highest BCUT2D eigenvalue weighted by Gasteiger charge is 2.41. The summed E-state index contributed by atoms with van der Waals surface area (Å²) in [6.45, 7) is 20.0. The lowest BCUT2D eigenvalue weighted by Crippen LogP contribution is -2.27. The molecule has 2 heterocycles. The molecule has 0 spiro atoms. The Bertz CT molecular complexity index is 2960. The average molecular weight is 784 g/mol. The Kier molecular flexibility index (Phi) is 8.47. The zero-order chi connectivity index (χ0) is 41.9. The Balaban J connectivity index is 1.19. The van der Waals surface area contributed by atoms with Crippen LogP contribution in [0.4, 0.5) is 0 Å². The summed E-state index contributed by atoms with van der Waals surface area (Å²) in [5, 5.41) is 12.2. The number of nitrogens with zero attached hydrogens (tertiary/aromatic N) is 3. The number of benzene rings is 6. The van der Waals surface area contributed by atoms with Gasteiger partial charge in [-0.3, -0.25) is 9.55 Å². The van der Waals surface area contributed by atoms with Crippen LogP contribution in [0.3, 0.4) is 0 Å². The molecule has 0 saturated carbocycles. The molecule has 298 valence electrons. The van der Waals surface area contributed by atoms with E-state index in [1.165, 1.54) is 38.9 Å². The Hall–Kier alpha value is -6.26. The third-order valence-corrected chi connectivity index (χ3v) is 13.0. The van der Waals surface area contributed by atoms with Crippen LogP contribution in [0.2, 0.25) is 0 Å². The van der Waals surface area contributed by atoms with Gasteiger partial charge in [0.2, 0.25) is 0 Å². The van der Waals surface area contributed by atoms with E-state index in [1.807, 2.05) is 6.07 Å². The van der Waals surface area contributed by atoms with Gasteiger partial charge in [0.1, 0.15) is 11.6 Å². The molecular weight excluding hydrogens is 731 g/mol. The van der Waals surface area contributed by atoms with E-state index in [2.05, 4.69) is 200 Å². The third kappa shape index (κ3) is 6.02. The topological polar surface area (TPSA) is 50.9 Å². The van der Waals surface area contributed by atoms with E-state index in [4.69, 9.17) is 9.97 Å². The molecule has 4 nitrogen and oxygen atoms in total. The van der Waals surface area contributed by atoms with Crippen LogP contribution in [0.5, 0.6) is 5.75 Å². The van der Waals surface area contributed by atoms with E-state index in [1.54, 1.807) is 0 Å². The summed E-state index contributed by atoms with van der Waals surface area (Å²) in [7, 11) is 0. The first-order valence-electron chi connectivity index (χ1n) is 21.4. The van der Waals surface area contributed by atoms with Gasteiger partial charge in [-0.15, -0.1) is 0 Å². The lowest BCUT2D eigenvalue weighted by molar-refractivity contribution is 0.446. The zero-order valence-corrected chi connectivity index (χ0v) is 36.2. The highest BCUT2D eigenvalue weighted by atomic mass is 16.3. The second-order valence-corrected chi connectivity index (χ2v) is 20.1. The molecule has 3 aliphatic carbocycles. The standard InChI is InChI=1S/C56H53N3O/c1-54(2,3)35-27-33(26-34(28-35)47-31-43-45(32-57-47)50-41-22-15-13-20-39(41)49(43)40-21-14-16-23-42(40)50)38-24-17-25-48-51(38)58-53(59(48)37-18-11-10-12-19-37)44-29-36(55(4,5)6)30-46(52(44)60)56(7,8)9/h10-32,49-50,60H,1-9H3. The molecule has 4 heteroatoms. The molecule has 0 saturated heterocycles. The summed E-state index contributed by atoms with van der Waals surface area (Å²) in [5.74, 6) is 1.35. The molecule has 0 amide bonds. The molecule has 0 radical (unpaired) electrons. The number of pyridine rings is 1. The Morgan fingerprint density at radius 3 is 1.67 bits per heavy atom. The Labute approximate surface area is 354 Å². The van der Waals surface area contributed by atoms with Gasteiger partial charge in [0.25, 0.3) is 0 Å². The molecule has 2 aromatic heterocycles. The van der Waals surface area contributed by atoms with E-state index >= 15 is 0 Å². The van der Waals surface area contributed by atoms with E-state index in [0.717, 1.165) is 61.6 Å². The first-order chi connectivity index (χ1) is 28.6. The van der Waals surface area contributed by atoms with E-state index < -0.39 is 0 Å². The number of phenolic OH excluding ortho intramolecular Hbond substituents is 1. The van der Waals surface area contributed by atoms with Crippen molar-refractivity contribution in [1.29, 1.82) is 0 Å². The van der Waals surface area contributed by atoms with Gasteiger partial charge in [-0.1, -0.05) is 153 Å². The van der Waals surface area contributed by atoms with Gasteiger partial charge in [0, 0.05) is 40.4 Å². The number of hydrogen-bond donors (Lipinski definition) is 1. The molecule has 2 bridgehead atoms. The van der Waals surface area contributed by atoms with Crippen molar-refractivity contribution < 1.29 is 5.11 Å². The lowest BCUT2D eigenvalue weighted by Gasteiger charge is -2.42. The molecule has 60 heavy (non-hydrogen) atoms. The van der Waals surface area contributed by atoms with Crippen molar-refractivity contribution in [3.8, 4) is 45.2 Å². The molecule has 0 fully saturated rings. The maximum Gasteiger partial charge on any atom is 0.149 e. The number of para-hydroxylation sites is 2. The summed E-state index contributed by atoms with van der Waals surface area (Å²) < 4.78 is 2.22. The zero-order valence-electron chi connectivity index (χ0n) is 36.2. The number of phenols is 1. The largest absolute Gasteiger partial charge is 0.507 e. The number of imidazole rings is 1. The van der Waals surface area contributed by atoms with Gasteiger partial charge < -0.3 is 5.11 Å². The summed E-state index contributed by atoms with van der Waals surface area (Å²) in [5.41, 5.74) is 18.8. The van der Waals surface area contributed by atoms with Gasteiger partial charge >= 0.3 is 0 Å². The molecule has 3 aliphatic rings. The second-order valence-electron chi connectivity index (χ2n) is 20.1. The van der Waals surface area contributed by atoms with Crippen LogP contribution in [-0.4, -0.2) is 19.6 Å². The number of fused-ring (bicyclic) bond motifs is 1. The maximum absolute atomic E-state index is 12.2. The molecule has 11 rings (SSSR count). The smallest absolute Gasteiger partial charge is 0.149 e. The minimum Gasteiger partial charge on any atom is -0.507 e. The quantitative estimate of drug-likeness (QED) is 0.193. The van der Waals surface area contributed by atoms with E-state index in [9.17, 15) is 5.11 Å². The summed E-state index contributed by atoms with van der Waals surface area (Å²) in [4.78, 5) is 10.8. The third-order valence-electron chi connectivity index (χ3n) is 13.0. The number of hydrogen-bond acceptors (Lipinski definition) is 3. The van der Waals surface area contributed by atoms with Crippen LogP contribution in [0, 0.1) is 0 Å². The van der Waals surface area contributed by atoms with Crippen molar-refractivity contribution in [2.45, 2.75) is 90.4 Å². The van der Waals surface area contributed by atoms with Gasteiger partial charge in [-0.05, 0) is 109 Å². The summed E-state index contributed by atoms with van der Waals surface area (Å²) in [6.07, 6.45) is 2.15. The first kappa shape index (κ1) is 38.0. The SMILES string of the molecule is CC(C)(C)c1cc(-c2cc3c(cn2)C2c4ccccc4C3c3ccccc32)cc(-c2cccc3c2nc(-c2cc(C(C)(C)C)cc(C(C)(C)C)c2O)n3-c2ccccc2)c1. The molecule has 0 unspecified atom stereocenters. The fourth-order valence-electron chi connectivity index (χ4n) is 9.73. The van der Waals surface area contributed by atoms with Crippen molar-refractivity contribution in [2.75, 3.05) is 0 Å². The van der Waals surface area contributed by atoms with Gasteiger partial charge in [0.05, 0.1) is 22.3 Å². The van der Waals surface area contributed by atoms with Crippen LogP contribution in [0.25, 0.3) is 50.5 Å². The highest BCUT2D eigenvalue weighted by molar-refractivity contribution is 5.97. The van der Waals surface area contributed by atoms with Crippen molar-refractivity contribution in [1.82, 2.24) is 14.5 Å². The number of aromatic hydroxyl groups is 1. The van der Waals surface area contributed by atoms with Crippen molar-refractivity contribution in [3.63, 3.8) is 0 Å². The Morgan fingerprint density at radius 1 is 0.500 bits per heavy atom. The molecule has 0 aliphatic heterocycles. The normalized spacial score (nSPS) is 15.8. The van der Waals surface area contributed by atoms with Crippen LogP contribution < -0.4 is 0 Å². The van der Waals surface area contributed by atoms with E-state index in [0.29, 0.717) is 0 Å². The fraction of sp³-hybridized carbons (Fsp3) is 0.250. The second kappa shape index (κ2) is 13.4. The molecule has 1 N–H and O–H groups in total. The maximum atomic E-state index is 12.2. The average Bonchev–Trinajstić information content (AvgIpc) is 3.62. The van der Waals surface area contributed by atoms with E-state index in [-0.39, 0.29) is 33.8 Å². The summed E-state index contributed by atoms with van der Waals surface area (Å²) >= 11 is 0. The van der Waals surface area contributed by atoms with Crippen molar-refractivity contribution in [3.05, 3.63) is 190 Å². The van der Waals surface area contributed by atoms with Crippen LogP contribution in [0.15, 0.2) is 140 Å². The lowest BCUT2D eigenvalue weighted by atomic mass is 9.61. The predicted molar refractivity (Wildman–Crippen MR) is 248 cm³/mol. The number of rotatable bonds is 4. The predicted octanol–water partition coefficient (Wildman–Crippen LogP) is 14.0. The first-order valence-corrected chi connectivity index (χ1v) is 21.4. The molecular formula is C56H53N3O. The van der Waals surface area contributed by atoms with Gasteiger partial charge in [-0.2, -0.15) is 0 Å². The Morgan fingerprint density at radius 2 is 1.07 bits per heavy atom. The van der Waals surface area contributed by atoms with Crippen LogP contribution in [-0.2, 0) is 16.2 Å². The fourth-order valence-corrected chi connectivity index (χ4v) is 9.73. The molecule has 0 atom stereocenters. The van der Waals surface area contributed by atoms with Crippen LogP contribution >= 0.6 is 0 Å². The minimum absolute atomic E-state index is 0.124. The monoisotopic (exact) mass is 783 g/mol. The highest BCUT2D eigenvalue weighted by Crippen LogP contribution is 2.56. The number of aromatic nitrogens is 3. The van der Waals surface area contributed by atoms with Crippen LogP contribution in [0.1, 0.15) is 124 Å². The van der Waals surface area contributed by atoms with Crippen molar-refractivity contribution in [2.24, 2.45) is 0 Å². The minimum atomic E-state index is -0.282. The molecule has 8 aromatic rings. The van der Waals surface area contributed by atoms with Gasteiger partial charge in [-0.25, -0.2) is 4.98 Å². The van der Waals surface area contributed by atoms with Crippen molar-refractivity contribution >= 4 is 11.0 Å². The van der Waals surface area contributed by atoms with Gasteiger partial charge in [0.15, 0.2) is 0 Å².